The summed E-state index contributed by atoms with van der Waals surface area (Å²) in [6.45, 7) is 1.48. The highest BCUT2D eigenvalue weighted by atomic mass is 19.1. The third-order valence-electron chi connectivity index (χ3n) is 4.83. The number of benzene rings is 2. The van der Waals surface area contributed by atoms with Gasteiger partial charge in [0.2, 0.25) is 5.55 Å². The lowest BCUT2D eigenvalue weighted by molar-refractivity contribution is 0.102. The zero-order valence-electron chi connectivity index (χ0n) is 17.4. The molecule has 2 N–H and O–H groups in total. The summed E-state index contributed by atoms with van der Waals surface area (Å²) in [4.78, 5) is 21.9. The molecule has 0 saturated heterocycles. The van der Waals surface area contributed by atoms with E-state index in [9.17, 15) is 14.3 Å². The lowest BCUT2D eigenvalue weighted by Gasteiger charge is -2.10. The number of halogens is 1. The zero-order chi connectivity index (χ0) is 22.7. The van der Waals surface area contributed by atoms with E-state index < -0.39 is 11.7 Å². The summed E-state index contributed by atoms with van der Waals surface area (Å²) in [5, 5.41) is 12.9. The van der Waals surface area contributed by atoms with Crippen molar-refractivity contribution in [2.45, 2.75) is 13.5 Å². The van der Waals surface area contributed by atoms with Crippen molar-refractivity contribution in [1.82, 2.24) is 4.98 Å². The van der Waals surface area contributed by atoms with Crippen LogP contribution < -0.4 is 15.6 Å². The lowest BCUT2D eigenvalue weighted by Crippen LogP contribution is -2.22. The van der Waals surface area contributed by atoms with Crippen LogP contribution >= 0.6 is 0 Å². The largest absolute Gasteiger partial charge is 0.497 e. The van der Waals surface area contributed by atoms with E-state index >= 15 is 0 Å². The SMILES string of the molecule is COc1cccc(N=c2oc3c(C)ncc(CO)c3cc2C(=O)Nc2cccc(F)c2)c1. The molecule has 0 radical (unpaired) electrons. The van der Waals surface area contributed by atoms with Gasteiger partial charge in [-0.2, -0.15) is 0 Å². The minimum atomic E-state index is -0.541. The Morgan fingerprint density at radius 3 is 2.78 bits per heavy atom. The first-order valence-corrected chi connectivity index (χ1v) is 9.77. The topological polar surface area (TPSA) is 97.0 Å². The molecule has 4 rings (SSSR count). The number of aliphatic hydroxyl groups excluding tert-OH is 1. The van der Waals surface area contributed by atoms with Crippen LogP contribution in [0.2, 0.25) is 0 Å². The monoisotopic (exact) mass is 433 g/mol. The number of aromatic nitrogens is 1. The molecule has 32 heavy (non-hydrogen) atoms. The van der Waals surface area contributed by atoms with Gasteiger partial charge in [-0.1, -0.05) is 12.1 Å². The van der Waals surface area contributed by atoms with Crippen LogP contribution in [-0.4, -0.2) is 23.1 Å². The molecular weight excluding hydrogens is 413 g/mol. The number of hydrogen-bond donors (Lipinski definition) is 2. The maximum Gasteiger partial charge on any atom is 0.261 e. The van der Waals surface area contributed by atoms with E-state index in [2.05, 4.69) is 15.3 Å². The second-order valence-electron chi connectivity index (χ2n) is 7.01. The van der Waals surface area contributed by atoms with Crippen molar-refractivity contribution in [3.05, 3.63) is 89.0 Å². The quantitative estimate of drug-likeness (QED) is 0.490. The fourth-order valence-electron chi connectivity index (χ4n) is 3.22. The number of anilines is 1. The van der Waals surface area contributed by atoms with Crippen molar-refractivity contribution >= 4 is 28.3 Å². The highest BCUT2D eigenvalue weighted by Gasteiger charge is 2.17. The summed E-state index contributed by atoms with van der Waals surface area (Å²) < 4.78 is 24.8. The number of amides is 1. The number of carbonyl (C=O) groups excluding carboxylic acids is 1. The predicted octanol–water partition coefficient (Wildman–Crippen LogP) is 4.26. The molecule has 0 aliphatic rings. The number of ether oxygens (including phenoxy) is 1. The van der Waals surface area contributed by atoms with E-state index in [1.165, 1.54) is 24.4 Å². The van der Waals surface area contributed by atoms with Crippen LogP contribution in [0.3, 0.4) is 0 Å². The van der Waals surface area contributed by atoms with Gasteiger partial charge in [0.15, 0.2) is 5.58 Å². The first kappa shape index (κ1) is 21.2. The molecule has 0 saturated carbocycles. The van der Waals surface area contributed by atoms with Gasteiger partial charge in [-0.3, -0.25) is 9.78 Å². The minimum absolute atomic E-state index is 0.0413. The molecule has 0 spiro atoms. The van der Waals surface area contributed by atoms with Crippen LogP contribution in [-0.2, 0) is 6.61 Å². The van der Waals surface area contributed by atoms with Crippen LogP contribution in [0.4, 0.5) is 15.8 Å². The smallest absolute Gasteiger partial charge is 0.261 e. The average Bonchev–Trinajstić information content (AvgIpc) is 2.79. The number of pyridine rings is 1. The van der Waals surface area contributed by atoms with Crippen molar-refractivity contribution < 1.29 is 23.4 Å². The van der Waals surface area contributed by atoms with E-state index in [0.29, 0.717) is 33.7 Å². The average molecular weight is 433 g/mol. The molecule has 162 valence electrons. The first-order valence-electron chi connectivity index (χ1n) is 9.77. The van der Waals surface area contributed by atoms with Crippen molar-refractivity contribution in [3.8, 4) is 5.75 Å². The van der Waals surface area contributed by atoms with Gasteiger partial charge in [-0.15, -0.1) is 0 Å². The number of hydrogen-bond acceptors (Lipinski definition) is 6. The maximum atomic E-state index is 13.6. The second-order valence-corrected chi connectivity index (χ2v) is 7.01. The van der Waals surface area contributed by atoms with Gasteiger partial charge in [-0.05, 0) is 43.3 Å². The highest BCUT2D eigenvalue weighted by molar-refractivity contribution is 6.05. The number of nitrogens with zero attached hydrogens (tertiary/aromatic N) is 2. The Kier molecular flexibility index (Phi) is 5.96. The Hall–Kier alpha value is -4.04. The van der Waals surface area contributed by atoms with Gasteiger partial charge in [0, 0.05) is 28.9 Å². The number of methoxy groups -OCH3 is 1. The Morgan fingerprint density at radius 1 is 1.22 bits per heavy atom. The van der Waals surface area contributed by atoms with Crippen LogP contribution in [0.25, 0.3) is 11.0 Å². The second kappa shape index (κ2) is 8.99. The van der Waals surface area contributed by atoms with Gasteiger partial charge in [0.05, 0.1) is 25.1 Å². The molecule has 2 heterocycles. The van der Waals surface area contributed by atoms with E-state index in [4.69, 9.17) is 9.15 Å². The number of aryl methyl sites for hydroxylation is 1. The molecule has 1 amide bonds. The van der Waals surface area contributed by atoms with Crippen molar-refractivity contribution in [2.75, 3.05) is 12.4 Å². The van der Waals surface area contributed by atoms with Crippen molar-refractivity contribution in [3.63, 3.8) is 0 Å². The van der Waals surface area contributed by atoms with E-state index in [1.54, 1.807) is 50.4 Å². The fraction of sp³-hybridized carbons (Fsp3) is 0.125. The lowest BCUT2D eigenvalue weighted by atomic mass is 10.1. The molecule has 0 fully saturated rings. The van der Waals surface area contributed by atoms with Crippen molar-refractivity contribution in [2.24, 2.45) is 4.99 Å². The third-order valence-corrected chi connectivity index (χ3v) is 4.83. The Bertz CT molecular complexity index is 1380. The summed E-state index contributed by atoms with van der Waals surface area (Å²) in [6.07, 6.45) is 1.53. The van der Waals surface area contributed by atoms with Crippen LogP contribution in [0, 0.1) is 12.7 Å². The van der Waals surface area contributed by atoms with E-state index in [1.807, 2.05) is 0 Å². The zero-order valence-corrected chi connectivity index (χ0v) is 17.4. The van der Waals surface area contributed by atoms with Gasteiger partial charge in [0.1, 0.15) is 17.1 Å². The molecule has 7 nitrogen and oxygen atoms in total. The summed E-state index contributed by atoms with van der Waals surface area (Å²) in [7, 11) is 1.54. The van der Waals surface area contributed by atoms with Crippen LogP contribution in [0.5, 0.6) is 5.75 Å². The van der Waals surface area contributed by atoms with Crippen LogP contribution in [0.15, 0.2) is 70.2 Å². The standard InChI is InChI=1S/C24H20FN3O4/c1-14-22-20(15(13-29)12-26-14)11-21(23(30)27-17-6-3-5-16(25)9-17)24(32-22)28-18-7-4-8-19(10-18)31-2/h3-12,29H,13H2,1-2H3,(H,27,30). The van der Waals surface area contributed by atoms with Crippen molar-refractivity contribution in [1.29, 1.82) is 0 Å². The number of aliphatic hydroxyl groups is 1. The highest BCUT2D eigenvalue weighted by Crippen LogP contribution is 2.23. The molecule has 0 aliphatic carbocycles. The Morgan fingerprint density at radius 2 is 2.03 bits per heavy atom. The molecule has 0 aliphatic heterocycles. The Labute approximate surface area is 182 Å². The number of carbonyl (C=O) groups is 1. The first-order chi connectivity index (χ1) is 15.5. The number of rotatable bonds is 5. The summed E-state index contributed by atoms with van der Waals surface area (Å²) in [6, 6.07) is 14.1. The molecule has 2 aromatic heterocycles. The summed E-state index contributed by atoms with van der Waals surface area (Å²) >= 11 is 0. The van der Waals surface area contributed by atoms with Gasteiger partial charge in [-0.25, -0.2) is 9.38 Å². The molecule has 4 aromatic rings. The van der Waals surface area contributed by atoms with E-state index in [-0.39, 0.29) is 23.4 Å². The van der Waals surface area contributed by atoms with E-state index in [0.717, 1.165) is 0 Å². The minimum Gasteiger partial charge on any atom is -0.497 e. The molecule has 0 unspecified atom stereocenters. The molecule has 0 bridgehead atoms. The molecule has 2 aromatic carbocycles. The third kappa shape index (κ3) is 4.35. The summed E-state index contributed by atoms with van der Waals surface area (Å²) in [5.41, 5.74) is 2.44. The van der Waals surface area contributed by atoms with Crippen LogP contribution in [0.1, 0.15) is 21.6 Å². The van der Waals surface area contributed by atoms with Gasteiger partial charge in [0.25, 0.3) is 5.91 Å². The number of fused-ring (bicyclic) bond motifs is 1. The summed E-state index contributed by atoms with van der Waals surface area (Å²) in [5.74, 6) is -0.420. The normalized spacial score (nSPS) is 11.6. The predicted molar refractivity (Wildman–Crippen MR) is 117 cm³/mol. The Balaban J connectivity index is 1.92. The molecule has 0 atom stereocenters. The van der Waals surface area contributed by atoms with Gasteiger partial charge >= 0.3 is 0 Å². The maximum absolute atomic E-state index is 13.6. The number of nitrogens with one attached hydrogen (secondary N) is 1. The molecular formula is C24H20FN3O4. The fourth-order valence-corrected chi connectivity index (χ4v) is 3.22. The van der Waals surface area contributed by atoms with Gasteiger partial charge < -0.3 is 19.6 Å². The molecule has 8 heteroatoms.